The molecule has 0 radical (unpaired) electrons. The first-order valence-corrected chi connectivity index (χ1v) is 4.18. The van der Waals surface area contributed by atoms with Crippen molar-refractivity contribution in [2.45, 2.75) is 32.7 Å². The molecule has 0 heterocycles. The summed E-state index contributed by atoms with van der Waals surface area (Å²) >= 11 is 0. The Balaban J connectivity index is 3.95. The van der Waals surface area contributed by atoms with E-state index in [4.69, 9.17) is 0 Å². The lowest BCUT2D eigenvalue weighted by Gasteiger charge is -2.20. The summed E-state index contributed by atoms with van der Waals surface area (Å²) in [7, 11) is 0. The van der Waals surface area contributed by atoms with Gasteiger partial charge in [-0.05, 0) is 12.8 Å². The molecule has 0 rings (SSSR count). The van der Waals surface area contributed by atoms with E-state index >= 15 is 0 Å². The number of amides is 1. The number of hydrogen-bond donors (Lipinski definition) is 2. The van der Waals surface area contributed by atoms with Crippen LogP contribution in [0.5, 0.6) is 0 Å². The second kappa shape index (κ2) is 4.50. The number of carbonyl (C=O) groups is 1. The first-order valence-electron chi connectivity index (χ1n) is 4.18. The van der Waals surface area contributed by atoms with Gasteiger partial charge in [0, 0.05) is 6.04 Å². The van der Waals surface area contributed by atoms with E-state index < -0.39 is 18.4 Å². The highest BCUT2D eigenvalue weighted by Crippen LogP contribution is 2.11. The Morgan fingerprint density at radius 1 is 1.46 bits per heavy atom. The summed E-state index contributed by atoms with van der Waals surface area (Å²) < 4.78 is 25.3. The zero-order chi connectivity index (χ0) is 10.6. The molecule has 78 valence electrons. The molecule has 0 fully saturated rings. The van der Waals surface area contributed by atoms with Gasteiger partial charge in [0.05, 0.1) is 6.54 Å². The molecule has 0 saturated heterocycles. The lowest BCUT2D eigenvalue weighted by molar-refractivity contribution is -0.141. The number of nitrogens with two attached hydrogens (primary N) is 1. The third kappa shape index (κ3) is 4.17. The van der Waals surface area contributed by atoms with Crippen molar-refractivity contribution < 1.29 is 13.6 Å². The van der Waals surface area contributed by atoms with Crippen LogP contribution < -0.4 is 11.1 Å². The van der Waals surface area contributed by atoms with Crippen molar-refractivity contribution in [1.82, 2.24) is 5.32 Å². The van der Waals surface area contributed by atoms with Crippen molar-refractivity contribution in [2.75, 3.05) is 6.54 Å². The highest BCUT2D eigenvalue weighted by molar-refractivity contribution is 5.81. The van der Waals surface area contributed by atoms with Crippen molar-refractivity contribution >= 4 is 5.91 Å². The molecule has 0 aliphatic carbocycles. The Bertz CT molecular complexity index is 183. The van der Waals surface area contributed by atoms with E-state index in [0.717, 1.165) is 0 Å². The molecule has 0 spiro atoms. The van der Waals surface area contributed by atoms with Gasteiger partial charge in [0.25, 0.3) is 5.91 Å². The molecule has 1 atom stereocenters. The van der Waals surface area contributed by atoms with Crippen molar-refractivity contribution in [2.24, 2.45) is 11.7 Å². The summed E-state index contributed by atoms with van der Waals surface area (Å²) in [5.74, 6) is -4.80. The molecule has 0 saturated carbocycles. The van der Waals surface area contributed by atoms with Crippen LogP contribution >= 0.6 is 0 Å². The highest BCUT2D eigenvalue weighted by Gasteiger charge is 2.36. The molecule has 0 bridgehead atoms. The molecule has 0 aliphatic heterocycles. The number of carbonyl (C=O) groups excluding carboxylic acids is 1. The Morgan fingerprint density at radius 3 is 2.23 bits per heavy atom. The molecule has 3 N–H and O–H groups in total. The molecule has 0 aromatic carbocycles. The van der Waals surface area contributed by atoms with Crippen LogP contribution in [0.3, 0.4) is 0 Å². The molecular formula is C8H16F2N2O. The monoisotopic (exact) mass is 194 g/mol. The number of nitrogens with one attached hydrogen (secondary N) is 1. The highest BCUT2D eigenvalue weighted by atomic mass is 19.3. The van der Waals surface area contributed by atoms with Gasteiger partial charge >= 0.3 is 5.92 Å². The maximum Gasteiger partial charge on any atom is 0.336 e. The Kier molecular flexibility index (Phi) is 4.26. The molecule has 13 heavy (non-hydrogen) atoms. The van der Waals surface area contributed by atoms with Gasteiger partial charge in [0.15, 0.2) is 0 Å². The second-order valence-electron chi connectivity index (χ2n) is 3.48. The largest absolute Gasteiger partial charge is 0.364 e. The minimum atomic E-state index is -3.46. The SMILES string of the molecule is CC(C)C(C)NCC(F)(F)C(N)=O. The summed E-state index contributed by atoms with van der Waals surface area (Å²) in [4.78, 5) is 10.2. The maximum atomic E-state index is 12.6. The van der Waals surface area contributed by atoms with Gasteiger partial charge in [-0.1, -0.05) is 13.8 Å². The van der Waals surface area contributed by atoms with Crippen LogP contribution in [0, 0.1) is 5.92 Å². The average molecular weight is 194 g/mol. The predicted molar refractivity (Wildman–Crippen MR) is 46.4 cm³/mol. The minimum absolute atomic E-state index is 0.0646. The number of alkyl halides is 2. The first-order chi connectivity index (χ1) is 5.77. The molecule has 0 aromatic rings. The molecule has 1 unspecified atom stereocenters. The summed E-state index contributed by atoms with van der Waals surface area (Å²) in [5, 5.41) is 2.55. The van der Waals surface area contributed by atoms with Crippen molar-refractivity contribution in [3.05, 3.63) is 0 Å². The predicted octanol–water partition coefficient (Wildman–Crippen LogP) is 0.741. The first kappa shape index (κ1) is 12.3. The summed E-state index contributed by atoms with van der Waals surface area (Å²) in [5.41, 5.74) is 4.50. The third-order valence-corrected chi connectivity index (χ3v) is 2.01. The summed E-state index contributed by atoms with van der Waals surface area (Å²) in [6, 6.07) is -0.0646. The number of halogens is 2. The molecule has 5 heteroatoms. The van der Waals surface area contributed by atoms with Gasteiger partial charge in [0.1, 0.15) is 0 Å². The van der Waals surface area contributed by atoms with Gasteiger partial charge in [-0.15, -0.1) is 0 Å². The topological polar surface area (TPSA) is 55.1 Å². The van der Waals surface area contributed by atoms with Crippen LogP contribution in [0.4, 0.5) is 8.78 Å². The standard InChI is InChI=1S/C8H16F2N2O/c1-5(2)6(3)12-4-8(9,10)7(11)13/h5-6,12H,4H2,1-3H3,(H2,11,13). The van der Waals surface area contributed by atoms with Crippen molar-refractivity contribution in [1.29, 1.82) is 0 Å². The van der Waals surface area contributed by atoms with Gasteiger partial charge in [-0.2, -0.15) is 8.78 Å². The molecule has 0 aliphatic rings. The normalized spacial score (nSPS) is 14.6. The Labute approximate surface area is 76.7 Å². The maximum absolute atomic E-state index is 12.6. The smallest absolute Gasteiger partial charge is 0.336 e. The third-order valence-electron chi connectivity index (χ3n) is 2.01. The lowest BCUT2D eigenvalue weighted by atomic mass is 10.1. The fourth-order valence-electron chi connectivity index (χ4n) is 0.612. The van der Waals surface area contributed by atoms with Gasteiger partial charge < -0.3 is 11.1 Å². The van der Waals surface area contributed by atoms with E-state index in [0.29, 0.717) is 0 Å². The lowest BCUT2D eigenvalue weighted by Crippen LogP contribution is -2.47. The molecule has 1 amide bonds. The Morgan fingerprint density at radius 2 is 1.92 bits per heavy atom. The number of rotatable bonds is 5. The number of primary amides is 1. The van der Waals surface area contributed by atoms with Crippen LogP contribution in [-0.2, 0) is 4.79 Å². The van der Waals surface area contributed by atoms with Crippen LogP contribution in [0.1, 0.15) is 20.8 Å². The fourth-order valence-corrected chi connectivity index (χ4v) is 0.612. The minimum Gasteiger partial charge on any atom is -0.364 e. The van der Waals surface area contributed by atoms with Crippen LogP contribution in [-0.4, -0.2) is 24.4 Å². The van der Waals surface area contributed by atoms with Gasteiger partial charge in [-0.3, -0.25) is 4.79 Å². The fraction of sp³-hybridized carbons (Fsp3) is 0.875. The Hall–Kier alpha value is -0.710. The average Bonchev–Trinajstić information content (AvgIpc) is 1.99. The van der Waals surface area contributed by atoms with Crippen molar-refractivity contribution in [3.63, 3.8) is 0 Å². The van der Waals surface area contributed by atoms with E-state index in [1.807, 2.05) is 13.8 Å². The number of hydrogen-bond acceptors (Lipinski definition) is 2. The van der Waals surface area contributed by atoms with Crippen LogP contribution in [0.15, 0.2) is 0 Å². The zero-order valence-electron chi connectivity index (χ0n) is 8.10. The summed E-state index contributed by atoms with van der Waals surface area (Å²) in [6.07, 6.45) is 0. The van der Waals surface area contributed by atoms with Gasteiger partial charge in [0.2, 0.25) is 0 Å². The molecule has 0 aromatic heterocycles. The van der Waals surface area contributed by atoms with E-state index in [1.165, 1.54) is 0 Å². The van der Waals surface area contributed by atoms with E-state index in [1.54, 1.807) is 6.92 Å². The zero-order valence-corrected chi connectivity index (χ0v) is 8.10. The van der Waals surface area contributed by atoms with E-state index in [9.17, 15) is 13.6 Å². The van der Waals surface area contributed by atoms with Crippen LogP contribution in [0.25, 0.3) is 0 Å². The van der Waals surface area contributed by atoms with E-state index in [-0.39, 0.29) is 12.0 Å². The van der Waals surface area contributed by atoms with E-state index in [2.05, 4.69) is 11.1 Å². The van der Waals surface area contributed by atoms with Crippen LogP contribution in [0.2, 0.25) is 0 Å². The summed E-state index contributed by atoms with van der Waals surface area (Å²) in [6.45, 7) is 4.89. The van der Waals surface area contributed by atoms with Gasteiger partial charge in [-0.25, -0.2) is 0 Å². The quantitative estimate of drug-likeness (QED) is 0.678. The van der Waals surface area contributed by atoms with Crippen molar-refractivity contribution in [3.8, 4) is 0 Å². The molecule has 3 nitrogen and oxygen atoms in total. The second-order valence-corrected chi connectivity index (χ2v) is 3.48. The molecular weight excluding hydrogens is 178 g/mol.